The van der Waals surface area contributed by atoms with Gasteiger partial charge in [0.25, 0.3) is 5.91 Å². The Bertz CT molecular complexity index is 398. The van der Waals surface area contributed by atoms with Gasteiger partial charge in [-0.25, -0.2) is 4.39 Å². The lowest BCUT2D eigenvalue weighted by Crippen LogP contribution is -2.32. The Labute approximate surface area is 108 Å². The maximum absolute atomic E-state index is 13.0. The van der Waals surface area contributed by atoms with Crippen LogP contribution in [0.1, 0.15) is 24.2 Å². The molecule has 0 spiro atoms. The van der Waals surface area contributed by atoms with Gasteiger partial charge in [0.2, 0.25) is 0 Å². The molecule has 0 aliphatic carbocycles. The average Bonchev–Trinajstić information content (AvgIpc) is 2.29. The molecule has 0 saturated carbocycles. The largest absolute Gasteiger partial charge is 0.377 e. The van der Waals surface area contributed by atoms with Gasteiger partial charge in [0.1, 0.15) is 5.82 Å². The van der Waals surface area contributed by atoms with E-state index in [0.29, 0.717) is 17.6 Å². The zero-order chi connectivity index (χ0) is 12.8. The number of halogens is 2. The van der Waals surface area contributed by atoms with Gasteiger partial charge >= 0.3 is 0 Å². The number of carbonyl (C=O) groups excluding carboxylic acids is 1. The van der Waals surface area contributed by atoms with E-state index in [-0.39, 0.29) is 17.6 Å². The minimum absolute atomic E-state index is 0.0590. The molecule has 0 bridgehead atoms. The van der Waals surface area contributed by atoms with Gasteiger partial charge in [0.05, 0.1) is 11.7 Å². The van der Waals surface area contributed by atoms with Crippen molar-refractivity contribution < 1.29 is 13.9 Å². The van der Waals surface area contributed by atoms with Gasteiger partial charge in [0.15, 0.2) is 0 Å². The van der Waals surface area contributed by atoms with E-state index in [0.717, 1.165) is 0 Å². The first-order valence-electron chi connectivity index (χ1n) is 5.39. The quantitative estimate of drug-likeness (QED) is 0.908. The Hall–Kier alpha value is -0.940. The fourth-order valence-corrected chi connectivity index (χ4v) is 1.77. The summed E-state index contributed by atoms with van der Waals surface area (Å²) in [6.07, 6.45) is -0.0590. The van der Waals surface area contributed by atoms with Crippen molar-refractivity contribution in [1.82, 2.24) is 5.32 Å². The molecule has 1 unspecified atom stereocenters. The standard InChI is InChI=1S/C12H15BrFNO2/c1-3-17-8(2)7-15-12(16)10-6-9(14)4-5-11(10)13/h4-6,8H,3,7H2,1-2H3,(H,15,16). The molecule has 1 amide bonds. The predicted molar refractivity (Wildman–Crippen MR) is 67.5 cm³/mol. The third-order valence-corrected chi connectivity index (χ3v) is 2.87. The number of hydrogen-bond donors (Lipinski definition) is 1. The lowest BCUT2D eigenvalue weighted by molar-refractivity contribution is 0.0694. The molecular formula is C12H15BrFNO2. The molecule has 94 valence electrons. The molecular weight excluding hydrogens is 289 g/mol. The second kappa shape index (κ2) is 6.71. The summed E-state index contributed by atoms with van der Waals surface area (Å²) in [4.78, 5) is 11.8. The van der Waals surface area contributed by atoms with E-state index in [9.17, 15) is 9.18 Å². The SMILES string of the molecule is CCOC(C)CNC(=O)c1cc(F)ccc1Br. The van der Waals surface area contributed by atoms with Crippen LogP contribution in [0, 0.1) is 5.82 Å². The molecule has 0 radical (unpaired) electrons. The zero-order valence-electron chi connectivity index (χ0n) is 9.80. The summed E-state index contributed by atoms with van der Waals surface area (Å²) in [7, 11) is 0. The molecule has 0 saturated heterocycles. The van der Waals surface area contributed by atoms with Crippen molar-refractivity contribution in [2.75, 3.05) is 13.2 Å². The van der Waals surface area contributed by atoms with Crippen LogP contribution >= 0.6 is 15.9 Å². The van der Waals surface area contributed by atoms with Crippen LogP contribution in [0.2, 0.25) is 0 Å². The highest BCUT2D eigenvalue weighted by atomic mass is 79.9. The molecule has 0 aliphatic rings. The number of carbonyl (C=O) groups is 1. The van der Waals surface area contributed by atoms with Crippen LogP contribution in [-0.4, -0.2) is 25.2 Å². The summed E-state index contributed by atoms with van der Waals surface area (Å²) >= 11 is 3.21. The Morgan fingerprint density at radius 2 is 2.29 bits per heavy atom. The lowest BCUT2D eigenvalue weighted by Gasteiger charge is -2.13. The van der Waals surface area contributed by atoms with E-state index < -0.39 is 5.82 Å². The molecule has 1 aromatic rings. The molecule has 17 heavy (non-hydrogen) atoms. The Morgan fingerprint density at radius 1 is 1.59 bits per heavy atom. The summed E-state index contributed by atoms with van der Waals surface area (Å²) in [6.45, 7) is 4.75. The van der Waals surface area contributed by atoms with E-state index in [2.05, 4.69) is 21.2 Å². The zero-order valence-corrected chi connectivity index (χ0v) is 11.4. The average molecular weight is 304 g/mol. The highest BCUT2D eigenvalue weighted by molar-refractivity contribution is 9.10. The first-order valence-corrected chi connectivity index (χ1v) is 6.18. The van der Waals surface area contributed by atoms with E-state index in [1.807, 2.05) is 13.8 Å². The van der Waals surface area contributed by atoms with Crippen molar-refractivity contribution in [3.63, 3.8) is 0 Å². The van der Waals surface area contributed by atoms with E-state index >= 15 is 0 Å². The minimum Gasteiger partial charge on any atom is -0.377 e. The van der Waals surface area contributed by atoms with E-state index in [1.54, 1.807) is 0 Å². The fraction of sp³-hybridized carbons (Fsp3) is 0.417. The van der Waals surface area contributed by atoms with Gasteiger partial charge < -0.3 is 10.1 Å². The Morgan fingerprint density at radius 3 is 2.94 bits per heavy atom. The highest BCUT2D eigenvalue weighted by Gasteiger charge is 2.12. The topological polar surface area (TPSA) is 38.3 Å². The van der Waals surface area contributed by atoms with Crippen molar-refractivity contribution in [3.05, 3.63) is 34.1 Å². The molecule has 0 aromatic heterocycles. The molecule has 1 N–H and O–H groups in total. The maximum atomic E-state index is 13.0. The van der Waals surface area contributed by atoms with E-state index in [4.69, 9.17) is 4.74 Å². The lowest BCUT2D eigenvalue weighted by atomic mass is 10.2. The van der Waals surface area contributed by atoms with Gasteiger partial charge in [0, 0.05) is 17.6 Å². The number of nitrogens with one attached hydrogen (secondary N) is 1. The molecule has 1 atom stereocenters. The molecule has 0 fully saturated rings. The molecule has 0 aliphatic heterocycles. The number of ether oxygens (including phenoxy) is 1. The van der Waals surface area contributed by atoms with Crippen molar-refractivity contribution in [2.24, 2.45) is 0 Å². The monoisotopic (exact) mass is 303 g/mol. The van der Waals surface area contributed by atoms with E-state index in [1.165, 1.54) is 18.2 Å². The predicted octanol–water partition coefficient (Wildman–Crippen LogP) is 2.74. The van der Waals surface area contributed by atoms with Crippen LogP contribution in [0.25, 0.3) is 0 Å². The summed E-state index contributed by atoms with van der Waals surface area (Å²) < 4.78 is 18.9. The van der Waals surface area contributed by atoms with Gasteiger partial charge in [-0.1, -0.05) is 0 Å². The second-order valence-electron chi connectivity index (χ2n) is 3.60. The van der Waals surface area contributed by atoms with Gasteiger partial charge in [-0.05, 0) is 48.0 Å². The molecule has 0 heterocycles. The third-order valence-electron chi connectivity index (χ3n) is 2.17. The Kier molecular flexibility index (Phi) is 5.58. The second-order valence-corrected chi connectivity index (χ2v) is 4.45. The van der Waals surface area contributed by atoms with Crippen LogP contribution in [0.5, 0.6) is 0 Å². The fourth-order valence-electron chi connectivity index (χ4n) is 1.35. The number of rotatable bonds is 5. The van der Waals surface area contributed by atoms with Crippen molar-refractivity contribution in [1.29, 1.82) is 0 Å². The first-order chi connectivity index (χ1) is 8.04. The van der Waals surface area contributed by atoms with Crippen molar-refractivity contribution in [2.45, 2.75) is 20.0 Å². The number of hydrogen-bond acceptors (Lipinski definition) is 2. The number of benzene rings is 1. The van der Waals surface area contributed by atoms with Crippen molar-refractivity contribution in [3.8, 4) is 0 Å². The first kappa shape index (κ1) is 14.1. The van der Waals surface area contributed by atoms with Gasteiger partial charge in [-0.15, -0.1) is 0 Å². The normalized spacial score (nSPS) is 12.2. The van der Waals surface area contributed by atoms with Crippen LogP contribution in [0.15, 0.2) is 22.7 Å². The third kappa shape index (κ3) is 4.44. The van der Waals surface area contributed by atoms with Crippen LogP contribution < -0.4 is 5.32 Å². The highest BCUT2D eigenvalue weighted by Crippen LogP contribution is 2.17. The summed E-state index contributed by atoms with van der Waals surface area (Å²) in [5.41, 5.74) is 0.286. The smallest absolute Gasteiger partial charge is 0.252 e. The Balaban J connectivity index is 2.61. The van der Waals surface area contributed by atoms with Crippen molar-refractivity contribution >= 4 is 21.8 Å². The minimum atomic E-state index is -0.434. The number of amides is 1. The molecule has 5 heteroatoms. The van der Waals surface area contributed by atoms with Gasteiger partial charge in [-0.2, -0.15) is 0 Å². The molecule has 3 nitrogen and oxygen atoms in total. The maximum Gasteiger partial charge on any atom is 0.252 e. The molecule has 1 aromatic carbocycles. The summed E-state index contributed by atoms with van der Waals surface area (Å²) in [5.74, 6) is -0.751. The summed E-state index contributed by atoms with van der Waals surface area (Å²) in [5, 5.41) is 2.69. The summed E-state index contributed by atoms with van der Waals surface area (Å²) in [6, 6.07) is 4.00. The van der Waals surface area contributed by atoms with Crippen LogP contribution in [0.4, 0.5) is 4.39 Å². The molecule has 1 rings (SSSR count). The van der Waals surface area contributed by atoms with Crippen LogP contribution in [0.3, 0.4) is 0 Å². The van der Waals surface area contributed by atoms with Gasteiger partial charge in [-0.3, -0.25) is 4.79 Å². The van der Waals surface area contributed by atoms with Crippen LogP contribution in [-0.2, 0) is 4.74 Å².